The summed E-state index contributed by atoms with van der Waals surface area (Å²) in [4.78, 5) is 35.0. The number of carboxylic acids is 1. The third kappa shape index (κ3) is 3.40. The molecule has 0 saturated carbocycles. The Morgan fingerprint density at radius 3 is 2.47 bits per heavy atom. The minimum atomic E-state index is -1.44. The average molecular weight is 289 g/mol. The van der Waals surface area contributed by atoms with E-state index in [1.165, 1.54) is 0 Å². The molecule has 1 heterocycles. The maximum atomic E-state index is 12.1. The Labute approximate surface area is 116 Å². The number of hydrogen-bond donors (Lipinski definition) is 2. The van der Waals surface area contributed by atoms with Crippen molar-refractivity contribution in [1.82, 2.24) is 5.32 Å². The quantitative estimate of drug-likeness (QED) is 0.763. The van der Waals surface area contributed by atoms with Crippen LogP contribution in [0.4, 0.5) is 4.79 Å². The molecule has 1 rings (SSSR count). The summed E-state index contributed by atoms with van der Waals surface area (Å²) in [6, 6.07) is -0.809. The van der Waals surface area contributed by atoms with Gasteiger partial charge in [0, 0.05) is 5.75 Å². The van der Waals surface area contributed by atoms with Crippen molar-refractivity contribution in [1.29, 1.82) is 0 Å². The highest BCUT2D eigenvalue weighted by molar-refractivity contribution is 8.02. The Morgan fingerprint density at radius 2 is 2.11 bits per heavy atom. The van der Waals surface area contributed by atoms with Crippen LogP contribution in [-0.2, 0) is 14.3 Å². The second-order valence-corrected chi connectivity index (χ2v) is 6.68. The number of aliphatic carboxylic acids is 1. The molecule has 7 heteroatoms. The minimum Gasteiger partial charge on any atom is -0.480 e. The van der Waals surface area contributed by atoms with Crippen molar-refractivity contribution < 1.29 is 24.2 Å². The standard InChI is InChI=1S/C12H19NO5S/c1-5-12(9(15)16)8(14)7(6-19-12)13-10(17)18-11(2,3)4/h7H,5-6H2,1-4H3,(H,13,17)(H,15,16)/t7?,12-/m1/s1. The van der Waals surface area contributed by atoms with Gasteiger partial charge < -0.3 is 15.2 Å². The Balaban J connectivity index is 2.72. The normalized spacial score (nSPS) is 27.2. The molecule has 6 nitrogen and oxygen atoms in total. The van der Waals surface area contributed by atoms with Gasteiger partial charge in [-0.1, -0.05) is 6.92 Å². The Hall–Kier alpha value is -1.24. The van der Waals surface area contributed by atoms with Crippen molar-refractivity contribution in [3.8, 4) is 0 Å². The Morgan fingerprint density at radius 1 is 1.53 bits per heavy atom. The van der Waals surface area contributed by atoms with Crippen LogP contribution in [0.15, 0.2) is 0 Å². The first-order valence-electron chi connectivity index (χ1n) is 6.03. The van der Waals surface area contributed by atoms with Crippen molar-refractivity contribution in [3.05, 3.63) is 0 Å². The molecule has 108 valence electrons. The van der Waals surface area contributed by atoms with E-state index in [0.29, 0.717) is 0 Å². The van der Waals surface area contributed by atoms with Crippen LogP contribution in [-0.4, -0.2) is 45.1 Å². The van der Waals surface area contributed by atoms with E-state index in [4.69, 9.17) is 4.74 Å². The number of ether oxygens (including phenoxy) is 1. The van der Waals surface area contributed by atoms with Gasteiger partial charge in [0.15, 0.2) is 10.5 Å². The van der Waals surface area contributed by atoms with Gasteiger partial charge >= 0.3 is 12.1 Å². The van der Waals surface area contributed by atoms with Gasteiger partial charge in [0.1, 0.15) is 11.6 Å². The van der Waals surface area contributed by atoms with Crippen molar-refractivity contribution in [3.63, 3.8) is 0 Å². The summed E-state index contributed by atoms with van der Waals surface area (Å²) in [5.74, 6) is -1.38. The topological polar surface area (TPSA) is 92.7 Å². The molecule has 0 radical (unpaired) electrons. The summed E-state index contributed by atoms with van der Waals surface area (Å²) < 4.78 is 3.61. The van der Waals surface area contributed by atoms with E-state index in [-0.39, 0.29) is 12.2 Å². The van der Waals surface area contributed by atoms with E-state index >= 15 is 0 Å². The first-order valence-corrected chi connectivity index (χ1v) is 7.02. The van der Waals surface area contributed by atoms with Crippen LogP contribution in [0.25, 0.3) is 0 Å². The third-order valence-corrected chi connectivity index (χ3v) is 4.40. The number of alkyl carbamates (subject to hydrolysis) is 1. The number of amides is 1. The van der Waals surface area contributed by atoms with E-state index in [1.54, 1.807) is 27.7 Å². The molecule has 0 aromatic rings. The van der Waals surface area contributed by atoms with E-state index < -0.39 is 34.2 Å². The molecule has 1 aliphatic rings. The van der Waals surface area contributed by atoms with Crippen LogP contribution >= 0.6 is 11.8 Å². The summed E-state index contributed by atoms with van der Waals surface area (Å²) >= 11 is 1.05. The van der Waals surface area contributed by atoms with Crippen LogP contribution in [0.2, 0.25) is 0 Å². The minimum absolute atomic E-state index is 0.193. The molecule has 19 heavy (non-hydrogen) atoms. The summed E-state index contributed by atoms with van der Waals surface area (Å²) in [6.45, 7) is 6.79. The number of carbonyl (C=O) groups is 3. The fourth-order valence-corrected chi connectivity index (χ4v) is 3.10. The van der Waals surface area contributed by atoms with Crippen LogP contribution in [0.3, 0.4) is 0 Å². The van der Waals surface area contributed by atoms with E-state index in [2.05, 4.69) is 5.32 Å². The molecule has 1 unspecified atom stereocenters. The number of rotatable bonds is 3. The summed E-state index contributed by atoms with van der Waals surface area (Å²) in [5.41, 5.74) is -0.659. The fourth-order valence-electron chi connectivity index (χ4n) is 1.81. The second kappa shape index (κ2) is 5.40. The first-order chi connectivity index (χ1) is 8.62. The van der Waals surface area contributed by atoms with Gasteiger partial charge in [0.05, 0.1) is 0 Å². The molecule has 0 bridgehead atoms. The monoisotopic (exact) mass is 289 g/mol. The summed E-state index contributed by atoms with van der Waals surface area (Å²) in [5, 5.41) is 11.6. The number of nitrogens with one attached hydrogen (secondary N) is 1. The zero-order valence-electron chi connectivity index (χ0n) is 11.5. The smallest absolute Gasteiger partial charge is 0.408 e. The number of hydrogen-bond acceptors (Lipinski definition) is 5. The molecular weight excluding hydrogens is 270 g/mol. The number of thioether (sulfide) groups is 1. The second-order valence-electron chi connectivity index (χ2n) is 5.36. The van der Waals surface area contributed by atoms with Gasteiger partial charge in [0.25, 0.3) is 0 Å². The highest BCUT2D eigenvalue weighted by Gasteiger charge is 2.53. The Kier molecular flexibility index (Phi) is 4.50. The molecule has 1 amide bonds. The lowest BCUT2D eigenvalue weighted by molar-refractivity contribution is -0.144. The molecule has 1 fully saturated rings. The predicted molar refractivity (Wildman–Crippen MR) is 71.3 cm³/mol. The summed E-state index contributed by atoms with van der Waals surface area (Å²) in [7, 11) is 0. The number of carboxylic acid groups (broad SMARTS) is 1. The highest BCUT2D eigenvalue weighted by Crippen LogP contribution is 2.38. The molecule has 0 aliphatic carbocycles. The SMILES string of the molecule is CC[C@@]1(C(=O)O)SCC(NC(=O)OC(C)(C)C)C1=O. The molecule has 0 aromatic carbocycles. The van der Waals surface area contributed by atoms with Gasteiger partial charge in [-0.2, -0.15) is 0 Å². The molecule has 1 aliphatic heterocycles. The number of Topliss-reactive ketones (excluding diaryl/α,β-unsaturated/α-hetero) is 1. The van der Waals surface area contributed by atoms with E-state index in [9.17, 15) is 19.5 Å². The van der Waals surface area contributed by atoms with Crippen LogP contribution in [0.1, 0.15) is 34.1 Å². The first kappa shape index (κ1) is 15.8. The molecule has 2 atom stereocenters. The zero-order chi connectivity index (χ0) is 14.8. The number of ketones is 1. The predicted octanol–water partition coefficient (Wildman–Crippen LogP) is 1.43. The van der Waals surface area contributed by atoms with Gasteiger partial charge in [-0.05, 0) is 27.2 Å². The maximum absolute atomic E-state index is 12.1. The van der Waals surface area contributed by atoms with Gasteiger partial charge in [-0.25, -0.2) is 4.79 Å². The van der Waals surface area contributed by atoms with Crippen LogP contribution in [0.5, 0.6) is 0 Å². The van der Waals surface area contributed by atoms with Gasteiger partial charge in [0.2, 0.25) is 0 Å². The third-order valence-electron chi connectivity index (χ3n) is 2.75. The van der Waals surface area contributed by atoms with E-state index in [1.807, 2.05) is 0 Å². The van der Waals surface area contributed by atoms with Crippen molar-refractivity contribution in [2.75, 3.05) is 5.75 Å². The van der Waals surface area contributed by atoms with Gasteiger partial charge in [-0.3, -0.25) is 9.59 Å². The molecule has 2 N–H and O–H groups in total. The molecule has 0 aromatic heterocycles. The lowest BCUT2D eigenvalue weighted by atomic mass is 9.96. The zero-order valence-corrected chi connectivity index (χ0v) is 12.3. The molecule has 1 saturated heterocycles. The van der Waals surface area contributed by atoms with Crippen LogP contribution < -0.4 is 5.32 Å². The fraction of sp³-hybridized carbons (Fsp3) is 0.750. The largest absolute Gasteiger partial charge is 0.480 e. The summed E-state index contributed by atoms with van der Waals surface area (Å²) in [6.07, 6.45) is -0.512. The van der Waals surface area contributed by atoms with Crippen LogP contribution in [0, 0.1) is 0 Å². The number of carbonyl (C=O) groups excluding carboxylic acids is 2. The lowest BCUT2D eigenvalue weighted by Gasteiger charge is -2.22. The van der Waals surface area contributed by atoms with Crippen molar-refractivity contribution >= 4 is 29.6 Å². The van der Waals surface area contributed by atoms with Crippen molar-refractivity contribution in [2.24, 2.45) is 0 Å². The van der Waals surface area contributed by atoms with E-state index in [0.717, 1.165) is 11.8 Å². The van der Waals surface area contributed by atoms with Gasteiger partial charge in [-0.15, -0.1) is 11.8 Å². The average Bonchev–Trinajstić information content (AvgIpc) is 2.54. The Bertz CT molecular complexity index is 403. The molecular formula is C12H19NO5S. The lowest BCUT2D eigenvalue weighted by Crippen LogP contribution is -2.49. The van der Waals surface area contributed by atoms with Crippen molar-refractivity contribution in [2.45, 2.75) is 50.5 Å². The molecule has 0 spiro atoms. The maximum Gasteiger partial charge on any atom is 0.408 e. The highest BCUT2D eigenvalue weighted by atomic mass is 32.2.